The predicted octanol–water partition coefficient (Wildman–Crippen LogP) is 3.12. The van der Waals surface area contributed by atoms with Crippen LogP contribution in [0.4, 0.5) is 0 Å². The van der Waals surface area contributed by atoms with Gasteiger partial charge in [0.15, 0.2) is 0 Å². The highest BCUT2D eigenvalue weighted by molar-refractivity contribution is 7.90. The highest BCUT2D eigenvalue weighted by atomic mass is 32.2. The molecule has 4 rings (SSSR count). The average Bonchev–Trinajstić information content (AvgIpc) is 3.01. The van der Waals surface area contributed by atoms with Crippen LogP contribution in [0.1, 0.15) is 11.1 Å². The summed E-state index contributed by atoms with van der Waals surface area (Å²) in [6, 6.07) is 19.4. The highest BCUT2D eigenvalue weighted by Crippen LogP contribution is 2.20. The molecule has 0 radical (unpaired) electrons. The molecule has 0 aliphatic carbocycles. The molecule has 31 heavy (non-hydrogen) atoms. The largest absolute Gasteiger partial charge is 0.312 e. The Kier molecular flexibility index (Phi) is 5.10. The molecular formula is C22H21N3O4S2. The molecule has 0 amide bonds. The van der Waals surface area contributed by atoms with E-state index in [0.717, 1.165) is 15.1 Å². The van der Waals surface area contributed by atoms with Gasteiger partial charge >= 0.3 is 0 Å². The van der Waals surface area contributed by atoms with Gasteiger partial charge in [-0.25, -0.2) is 8.42 Å². The second kappa shape index (κ2) is 7.51. The summed E-state index contributed by atoms with van der Waals surface area (Å²) in [7, 11) is -6.68. The minimum Gasteiger partial charge on any atom is -0.312 e. The fourth-order valence-electron chi connectivity index (χ4n) is 3.29. The highest BCUT2D eigenvalue weighted by Gasteiger charge is 2.25. The van der Waals surface area contributed by atoms with Crippen molar-refractivity contribution in [2.45, 2.75) is 23.6 Å². The number of aryl methyl sites for hydroxylation is 3. The topological polar surface area (TPSA) is 90.5 Å². The molecule has 1 heterocycles. The van der Waals surface area contributed by atoms with E-state index in [-0.39, 0.29) is 15.4 Å². The molecule has 0 aliphatic heterocycles. The predicted molar refractivity (Wildman–Crippen MR) is 119 cm³/mol. The molecule has 9 heteroatoms. The van der Waals surface area contributed by atoms with E-state index in [2.05, 4.69) is 4.40 Å². The summed E-state index contributed by atoms with van der Waals surface area (Å²) in [5.41, 5.74) is 2.48. The molecular weight excluding hydrogens is 434 g/mol. The second-order valence-electron chi connectivity index (χ2n) is 7.31. The van der Waals surface area contributed by atoms with E-state index in [9.17, 15) is 16.8 Å². The number of rotatable bonds is 4. The van der Waals surface area contributed by atoms with Crippen molar-refractivity contribution in [3.8, 4) is 0 Å². The third kappa shape index (κ3) is 3.70. The van der Waals surface area contributed by atoms with Gasteiger partial charge in [-0.05, 0) is 50.2 Å². The van der Waals surface area contributed by atoms with Gasteiger partial charge in [0.1, 0.15) is 0 Å². The van der Waals surface area contributed by atoms with E-state index in [1.165, 1.54) is 28.8 Å². The molecule has 0 N–H and O–H groups in total. The van der Waals surface area contributed by atoms with Crippen molar-refractivity contribution in [1.29, 1.82) is 0 Å². The summed E-state index contributed by atoms with van der Waals surface area (Å²) in [5.74, 6) is 0. The summed E-state index contributed by atoms with van der Waals surface area (Å²) < 4.78 is 59.5. The first-order chi connectivity index (χ1) is 14.6. The number of fused-ring (bicyclic) bond motifs is 1. The van der Waals surface area contributed by atoms with Crippen molar-refractivity contribution in [3.63, 3.8) is 0 Å². The van der Waals surface area contributed by atoms with Crippen LogP contribution < -0.4 is 5.62 Å². The minimum absolute atomic E-state index is 0.0114. The molecule has 3 aromatic carbocycles. The van der Waals surface area contributed by atoms with Crippen molar-refractivity contribution >= 4 is 31.1 Å². The van der Waals surface area contributed by atoms with Gasteiger partial charge in [-0.2, -0.15) is 12.4 Å². The lowest BCUT2D eigenvalue weighted by Crippen LogP contribution is -2.31. The van der Waals surface area contributed by atoms with E-state index in [1.54, 1.807) is 55.6 Å². The third-order valence-electron chi connectivity index (χ3n) is 5.02. The lowest BCUT2D eigenvalue weighted by Gasteiger charge is -2.08. The molecule has 1 aromatic heterocycles. The zero-order chi connectivity index (χ0) is 22.4. The minimum atomic E-state index is -4.15. The summed E-state index contributed by atoms with van der Waals surface area (Å²) in [6.07, 6.45) is 0. The van der Waals surface area contributed by atoms with Crippen LogP contribution in [0.15, 0.2) is 87.0 Å². The van der Waals surface area contributed by atoms with Gasteiger partial charge in [0.25, 0.3) is 20.0 Å². The number of hydrogen-bond acceptors (Lipinski definition) is 4. The Bertz CT molecular complexity index is 1560. The van der Waals surface area contributed by atoms with Gasteiger partial charge in [0.05, 0.1) is 20.8 Å². The van der Waals surface area contributed by atoms with Crippen molar-refractivity contribution < 1.29 is 16.8 Å². The van der Waals surface area contributed by atoms with Crippen LogP contribution in [-0.2, 0) is 27.1 Å². The number of sulfonamides is 1. The fourth-order valence-corrected chi connectivity index (χ4v) is 5.83. The third-order valence-corrected chi connectivity index (χ3v) is 8.00. The number of nitrogens with zero attached hydrogens (tertiary/aromatic N) is 3. The van der Waals surface area contributed by atoms with Gasteiger partial charge in [-0.1, -0.05) is 47.5 Å². The van der Waals surface area contributed by atoms with Gasteiger partial charge in [-0.15, -0.1) is 4.40 Å². The Morgan fingerprint density at radius 2 is 1.16 bits per heavy atom. The van der Waals surface area contributed by atoms with Crippen LogP contribution in [0.5, 0.6) is 0 Å². The quantitative estimate of drug-likeness (QED) is 0.473. The molecule has 0 aliphatic rings. The van der Waals surface area contributed by atoms with Gasteiger partial charge in [-0.3, -0.25) is 0 Å². The first-order valence-corrected chi connectivity index (χ1v) is 12.4. The zero-order valence-electron chi connectivity index (χ0n) is 17.2. The number of aromatic nitrogens is 2. The van der Waals surface area contributed by atoms with Crippen molar-refractivity contribution in [1.82, 2.24) is 8.54 Å². The lowest BCUT2D eigenvalue weighted by molar-refractivity contribution is 0.583. The standard InChI is InChI=1S/C22H21N3O4S2/c1-16-8-12-18(13-9-16)30(26,27)23-22-24(3)20-6-4-5-7-21(20)25(22)31(28,29)19-14-10-17(2)11-15-19/h4-15H,1-3H3/b23-22+. The molecule has 0 unspecified atom stereocenters. The molecule has 0 fully saturated rings. The summed E-state index contributed by atoms with van der Waals surface area (Å²) in [4.78, 5) is 0.0336. The van der Waals surface area contributed by atoms with Crippen molar-refractivity contribution in [2.24, 2.45) is 11.4 Å². The number of hydrogen-bond donors (Lipinski definition) is 0. The van der Waals surface area contributed by atoms with E-state index in [4.69, 9.17) is 0 Å². The van der Waals surface area contributed by atoms with Crippen LogP contribution >= 0.6 is 0 Å². The lowest BCUT2D eigenvalue weighted by atomic mass is 10.2. The van der Waals surface area contributed by atoms with Crippen LogP contribution in [0, 0.1) is 13.8 Å². The van der Waals surface area contributed by atoms with E-state index in [1.807, 2.05) is 13.8 Å². The SMILES string of the molecule is Cc1ccc(S(=O)(=O)/N=c2\n(C)c3ccccc3n2S(=O)(=O)c2ccc(C)cc2)cc1. The normalized spacial score (nSPS) is 13.1. The number of benzene rings is 3. The fraction of sp³-hybridized carbons (Fsp3) is 0.136. The van der Waals surface area contributed by atoms with E-state index in [0.29, 0.717) is 11.0 Å². The van der Waals surface area contributed by atoms with Crippen LogP contribution in [0.2, 0.25) is 0 Å². The van der Waals surface area contributed by atoms with Crippen molar-refractivity contribution in [2.75, 3.05) is 0 Å². The summed E-state index contributed by atoms with van der Waals surface area (Å²) in [5, 5.41) is 0. The number of para-hydroxylation sites is 2. The number of imidazole rings is 1. The molecule has 7 nitrogen and oxygen atoms in total. The summed E-state index contributed by atoms with van der Waals surface area (Å²) in [6.45, 7) is 3.70. The monoisotopic (exact) mass is 455 g/mol. The first kappa shape index (κ1) is 21.1. The Hall–Kier alpha value is -3.17. The maximum atomic E-state index is 13.6. The smallest absolute Gasteiger partial charge is 0.285 e. The Morgan fingerprint density at radius 3 is 1.71 bits per heavy atom. The summed E-state index contributed by atoms with van der Waals surface area (Å²) >= 11 is 0. The van der Waals surface area contributed by atoms with Crippen LogP contribution in [0.25, 0.3) is 11.0 Å². The molecule has 0 atom stereocenters. The maximum absolute atomic E-state index is 13.6. The van der Waals surface area contributed by atoms with Crippen LogP contribution in [-0.4, -0.2) is 25.4 Å². The maximum Gasteiger partial charge on any atom is 0.285 e. The average molecular weight is 456 g/mol. The second-order valence-corrected chi connectivity index (χ2v) is 10.7. The molecule has 0 saturated carbocycles. The zero-order valence-corrected chi connectivity index (χ0v) is 18.9. The molecule has 0 spiro atoms. The molecule has 160 valence electrons. The molecule has 0 bridgehead atoms. The van der Waals surface area contributed by atoms with Crippen molar-refractivity contribution in [3.05, 3.63) is 89.5 Å². The first-order valence-electron chi connectivity index (χ1n) is 9.48. The Labute approximate surface area is 181 Å². The van der Waals surface area contributed by atoms with E-state index >= 15 is 0 Å². The van der Waals surface area contributed by atoms with Gasteiger partial charge in [0, 0.05) is 7.05 Å². The Balaban J connectivity index is 2.07. The van der Waals surface area contributed by atoms with Crippen LogP contribution in [0.3, 0.4) is 0 Å². The van der Waals surface area contributed by atoms with Gasteiger partial charge in [0.2, 0.25) is 5.62 Å². The molecule has 4 aromatic rings. The molecule has 0 saturated heterocycles. The van der Waals surface area contributed by atoms with Gasteiger partial charge < -0.3 is 4.57 Å². The van der Waals surface area contributed by atoms with E-state index < -0.39 is 20.0 Å². The Morgan fingerprint density at radius 1 is 0.677 bits per heavy atom.